The normalized spacial score (nSPS) is 18.1. The highest BCUT2D eigenvalue weighted by molar-refractivity contribution is 7.08. The number of thiophene rings is 1. The van der Waals surface area contributed by atoms with Crippen molar-refractivity contribution in [2.45, 2.75) is 24.9 Å². The Morgan fingerprint density at radius 3 is 2.38 bits per heavy atom. The molecule has 9 heteroatoms. The number of benzene rings is 1. The standard InChI is InChI=1S/C20H18N4O4S/c21-17(25)14-8-29-9-15(14)19(27)22-11-6-12(7-11)23-20(28)16-5-10-3-1-2-4-13(10)18(26)24-16/h1-5,8-9,11-12H,6-7H2,(H2,21,25)(H,22,27)(H,23,28)(H,24,26). The molecule has 4 rings (SSSR count). The number of hydrogen-bond donors (Lipinski definition) is 4. The Bertz CT molecular complexity index is 1180. The van der Waals surface area contributed by atoms with Crippen molar-refractivity contribution in [3.05, 3.63) is 68.3 Å². The molecule has 2 heterocycles. The maximum Gasteiger partial charge on any atom is 0.268 e. The minimum atomic E-state index is -0.639. The zero-order valence-corrected chi connectivity index (χ0v) is 16.0. The molecule has 3 amide bonds. The fourth-order valence-electron chi connectivity index (χ4n) is 3.38. The van der Waals surface area contributed by atoms with Crippen molar-refractivity contribution < 1.29 is 14.4 Å². The number of fused-ring (bicyclic) bond motifs is 1. The van der Waals surface area contributed by atoms with Gasteiger partial charge >= 0.3 is 0 Å². The molecule has 0 bridgehead atoms. The van der Waals surface area contributed by atoms with E-state index in [0.29, 0.717) is 23.6 Å². The topological polar surface area (TPSA) is 134 Å². The number of rotatable bonds is 5. The highest BCUT2D eigenvalue weighted by Crippen LogP contribution is 2.22. The maximum atomic E-state index is 12.5. The van der Waals surface area contributed by atoms with E-state index in [4.69, 9.17) is 5.73 Å². The zero-order chi connectivity index (χ0) is 20.5. The van der Waals surface area contributed by atoms with Gasteiger partial charge in [0.25, 0.3) is 17.4 Å². The van der Waals surface area contributed by atoms with E-state index >= 15 is 0 Å². The monoisotopic (exact) mass is 410 g/mol. The van der Waals surface area contributed by atoms with Gasteiger partial charge in [0.1, 0.15) is 5.69 Å². The largest absolute Gasteiger partial charge is 0.366 e. The molecule has 0 unspecified atom stereocenters. The minimum absolute atomic E-state index is 0.107. The molecule has 29 heavy (non-hydrogen) atoms. The highest BCUT2D eigenvalue weighted by atomic mass is 32.1. The van der Waals surface area contributed by atoms with Gasteiger partial charge < -0.3 is 21.4 Å². The average Bonchev–Trinajstić information content (AvgIpc) is 3.16. The molecular weight excluding hydrogens is 392 g/mol. The number of hydrogen-bond acceptors (Lipinski definition) is 5. The maximum absolute atomic E-state index is 12.5. The zero-order valence-electron chi connectivity index (χ0n) is 15.2. The summed E-state index contributed by atoms with van der Waals surface area (Å²) in [6.07, 6.45) is 1.12. The molecule has 1 aromatic carbocycles. The van der Waals surface area contributed by atoms with Crippen LogP contribution in [0.1, 0.15) is 44.0 Å². The molecule has 0 aliphatic heterocycles. The van der Waals surface area contributed by atoms with E-state index in [-0.39, 0.29) is 46.3 Å². The molecule has 8 nitrogen and oxygen atoms in total. The summed E-state index contributed by atoms with van der Waals surface area (Å²) in [5.74, 6) is -1.36. The lowest BCUT2D eigenvalue weighted by molar-refractivity contribution is 0.0854. The lowest BCUT2D eigenvalue weighted by atomic mass is 9.86. The molecule has 1 fully saturated rings. The number of aromatic nitrogens is 1. The van der Waals surface area contributed by atoms with Gasteiger partial charge in [-0.3, -0.25) is 19.2 Å². The molecule has 0 spiro atoms. The number of amides is 3. The van der Waals surface area contributed by atoms with Crippen molar-refractivity contribution in [2.75, 3.05) is 0 Å². The molecule has 1 saturated carbocycles. The summed E-state index contributed by atoms with van der Waals surface area (Å²) >= 11 is 1.24. The molecule has 148 valence electrons. The van der Waals surface area contributed by atoms with Crippen LogP contribution in [0.25, 0.3) is 10.8 Å². The van der Waals surface area contributed by atoms with E-state index < -0.39 is 5.91 Å². The molecule has 0 radical (unpaired) electrons. The summed E-state index contributed by atoms with van der Waals surface area (Å²) in [5, 5.41) is 10.1. The predicted octanol–water partition coefficient (Wildman–Crippen LogP) is 1.38. The Balaban J connectivity index is 1.34. The van der Waals surface area contributed by atoms with Crippen LogP contribution in [0.15, 0.2) is 45.9 Å². The van der Waals surface area contributed by atoms with Gasteiger partial charge in [-0.05, 0) is 30.4 Å². The number of nitrogens with two attached hydrogens (primary N) is 1. The Morgan fingerprint density at radius 2 is 1.66 bits per heavy atom. The van der Waals surface area contributed by atoms with Crippen LogP contribution in [0.4, 0.5) is 0 Å². The number of aromatic amines is 1. The van der Waals surface area contributed by atoms with Crippen LogP contribution in [0.5, 0.6) is 0 Å². The van der Waals surface area contributed by atoms with Gasteiger partial charge in [0, 0.05) is 28.2 Å². The number of nitrogens with one attached hydrogen (secondary N) is 3. The summed E-state index contributed by atoms with van der Waals surface area (Å²) in [5.41, 5.74) is 5.63. The second-order valence-corrected chi connectivity index (χ2v) is 7.72. The van der Waals surface area contributed by atoms with Gasteiger partial charge in [-0.2, -0.15) is 11.3 Å². The number of H-pyrrole nitrogens is 1. The smallest absolute Gasteiger partial charge is 0.268 e. The number of carbonyl (C=O) groups excluding carboxylic acids is 3. The summed E-state index contributed by atoms with van der Waals surface area (Å²) in [4.78, 5) is 50.8. The first-order valence-electron chi connectivity index (χ1n) is 9.02. The van der Waals surface area contributed by atoms with E-state index in [1.165, 1.54) is 11.3 Å². The fraction of sp³-hybridized carbons (Fsp3) is 0.200. The molecular formula is C20H18N4O4S. The van der Waals surface area contributed by atoms with Gasteiger partial charge in [-0.15, -0.1) is 0 Å². The quantitative estimate of drug-likeness (QED) is 0.505. The third kappa shape index (κ3) is 3.77. The number of pyridine rings is 1. The second kappa shape index (κ2) is 7.51. The summed E-state index contributed by atoms with van der Waals surface area (Å²) in [7, 11) is 0. The lowest BCUT2D eigenvalue weighted by Crippen LogP contribution is -2.54. The van der Waals surface area contributed by atoms with Crippen molar-refractivity contribution >= 4 is 39.8 Å². The van der Waals surface area contributed by atoms with Crippen LogP contribution < -0.4 is 21.9 Å². The molecule has 1 aliphatic carbocycles. The van der Waals surface area contributed by atoms with Crippen LogP contribution >= 0.6 is 11.3 Å². The van der Waals surface area contributed by atoms with Crippen molar-refractivity contribution in [1.82, 2.24) is 15.6 Å². The second-order valence-electron chi connectivity index (χ2n) is 6.97. The van der Waals surface area contributed by atoms with E-state index in [1.807, 2.05) is 0 Å². The van der Waals surface area contributed by atoms with Crippen molar-refractivity contribution in [1.29, 1.82) is 0 Å². The van der Waals surface area contributed by atoms with Crippen molar-refractivity contribution in [2.24, 2.45) is 5.73 Å². The summed E-state index contributed by atoms with van der Waals surface area (Å²) in [6.45, 7) is 0. The Kier molecular flexibility index (Phi) is 4.89. The van der Waals surface area contributed by atoms with Crippen LogP contribution in [0.2, 0.25) is 0 Å². The average molecular weight is 410 g/mol. The van der Waals surface area contributed by atoms with Crippen molar-refractivity contribution in [3.8, 4) is 0 Å². The molecule has 0 atom stereocenters. The van der Waals surface area contributed by atoms with E-state index in [1.54, 1.807) is 41.1 Å². The highest BCUT2D eigenvalue weighted by Gasteiger charge is 2.32. The molecule has 2 aromatic heterocycles. The first kappa shape index (κ1) is 18.9. The summed E-state index contributed by atoms with van der Waals surface area (Å²) < 4.78 is 0. The molecule has 1 aliphatic rings. The van der Waals surface area contributed by atoms with Gasteiger partial charge in [0.15, 0.2) is 0 Å². The SMILES string of the molecule is NC(=O)c1cscc1C(=O)NC1CC(NC(=O)c2cc3ccccc3c(=O)[nH]2)C1. The fourth-order valence-corrected chi connectivity index (χ4v) is 4.19. The van der Waals surface area contributed by atoms with Crippen molar-refractivity contribution in [3.63, 3.8) is 0 Å². The van der Waals surface area contributed by atoms with E-state index in [2.05, 4.69) is 15.6 Å². The van der Waals surface area contributed by atoms with Gasteiger partial charge in [-0.25, -0.2) is 0 Å². The van der Waals surface area contributed by atoms with Crippen LogP contribution in [-0.4, -0.2) is 34.8 Å². The first-order valence-corrected chi connectivity index (χ1v) is 9.96. The van der Waals surface area contributed by atoms with E-state index in [0.717, 1.165) is 0 Å². The first-order chi connectivity index (χ1) is 13.9. The van der Waals surface area contributed by atoms with Gasteiger partial charge in [0.05, 0.1) is 11.1 Å². The van der Waals surface area contributed by atoms with Gasteiger partial charge in [0.2, 0.25) is 5.91 Å². The Morgan fingerprint density at radius 1 is 1.00 bits per heavy atom. The Labute approximate surface area is 169 Å². The third-order valence-corrected chi connectivity index (χ3v) is 5.72. The number of primary amides is 1. The number of carbonyl (C=O) groups is 3. The predicted molar refractivity (Wildman–Crippen MR) is 109 cm³/mol. The molecule has 5 N–H and O–H groups in total. The third-order valence-electron chi connectivity index (χ3n) is 4.98. The van der Waals surface area contributed by atoms with Crippen LogP contribution in [-0.2, 0) is 0 Å². The molecule has 0 saturated heterocycles. The minimum Gasteiger partial charge on any atom is -0.366 e. The Hall–Kier alpha value is -3.46. The lowest BCUT2D eigenvalue weighted by Gasteiger charge is -2.36. The summed E-state index contributed by atoms with van der Waals surface area (Å²) in [6, 6.07) is 8.48. The van der Waals surface area contributed by atoms with Gasteiger partial charge in [-0.1, -0.05) is 18.2 Å². The van der Waals surface area contributed by atoms with Crippen LogP contribution in [0, 0.1) is 0 Å². The molecule has 3 aromatic rings. The van der Waals surface area contributed by atoms with E-state index in [9.17, 15) is 19.2 Å². The van der Waals surface area contributed by atoms with Crippen LogP contribution in [0.3, 0.4) is 0 Å².